The Kier molecular flexibility index (Phi) is 9.22. The van der Waals surface area contributed by atoms with Crippen molar-refractivity contribution in [2.75, 3.05) is 24.5 Å². The van der Waals surface area contributed by atoms with Gasteiger partial charge < -0.3 is 15.0 Å². The molecule has 0 spiro atoms. The van der Waals surface area contributed by atoms with Gasteiger partial charge in [-0.05, 0) is 76.3 Å². The number of pyridine rings is 1. The highest BCUT2D eigenvalue weighted by atomic mass is 79.9. The topological polar surface area (TPSA) is 71.5 Å². The minimum Gasteiger partial charge on any atom is -0.460 e. The zero-order valence-corrected chi connectivity index (χ0v) is 25.7. The number of nitrogens with one attached hydrogen (secondary N) is 1. The number of benzene rings is 2. The molecule has 2 heterocycles. The summed E-state index contributed by atoms with van der Waals surface area (Å²) >= 11 is 10.1. The van der Waals surface area contributed by atoms with Crippen molar-refractivity contribution in [1.29, 1.82) is 0 Å². The number of carbonyl (C=O) groups excluding carboxylic acids is 2. The smallest absolute Gasteiger partial charge is 0.306 e. The molecule has 3 aromatic rings. The quantitative estimate of drug-likeness (QED) is 0.267. The van der Waals surface area contributed by atoms with Crippen molar-refractivity contribution in [3.05, 3.63) is 68.7 Å². The highest BCUT2D eigenvalue weighted by molar-refractivity contribution is 9.10. The third kappa shape index (κ3) is 7.31. The number of esters is 1. The summed E-state index contributed by atoms with van der Waals surface area (Å²) in [5, 5.41) is 4.58. The molecule has 1 aliphatic heterocycles. The van der Waals surface area contributed by atoms with Crippen molar-refractivity contribution >= 4 is 56.1 Å². The van der Waals surface area contributed by atoms with Gasteiger partial charge in [0.2, 0.25) is 0 Å². The van der Waals surface area contributed by atoms with E-state index in [-0.39, 0.29) is 24.2 Å². The van der Waals surface area contributed by atoms with E-state index in [4.69, 9.17) is 21.3 Å². The Morgan fingerprint density at radius 2 is 1.97 bits per heavy atom. The van der Waals surface area contributed by atoms with E-state index in [0.717, 1.165) is 51.8 Å². The molecule has 2 atom stereocenters. The van der Waals surface area contributed by atoms with E-state index in [1.807, 2.05) is 70.2 Å². The predicted molar refractivity (Wildman–Crippen MR) is 162 cm³/mol. The van der Waals surface area contributed by atoms with Crippen LogP contribution in [0.1, 0.15) is 74.4 Å². The molecule has 1 fully saturated rings. The molecule has 0 radical (unpaired) electrons. The fourth-order valence-corrected chi connectivity index (χ4v) is 5.86. The summed E-state index contributed by atoms with van der Waals surface area (Å²) in [4.78, 5) is 33.6. The number of anilines is 1. The Morgan fingerprint density at radius 1 is 1.23 bits per heavy atom. The molecule has 1 saturated heterocycles. The number of halogens is 2. The zero-order valence-electron chi connectivity index (χ0n) is 23.3. The van der Waals surface area contributed by atoms with Crippen LogP contribution in [-0.2, 0) is 9.53 Å². The number of aromatic nitrogens is 1. The Bertz CT molecular complexity index is 1370. The number of rotatable bonds is 8. The first-order chi connectivity index (χ1) is 18.4. The van der Waals surface area contributed by atoms with Crippen molar-refractivity contribution < 1.29 is 14.3 Å². The number of ether oxygens (including phenoxy) is 1. The number of carbonyl (C=O) groups is 2. The van der Waals surface area contributed by atoms with Gasteiger partial charge >= 0.3 is 5.97 Å². The molecule has 39 heavy (non-hydrogen) atoms. The van der Waals surface area contributed by atoms with Gasteiger partial charge in [-0.15, -0.1) is 0 Å². The van der Waals surface area contributed by atoms with E-state index in [1.165, 1.54) is 0 Å². The van der Waals surface area contributed by atoms with Gasteiger partial charge in [0.05, 0.1) is 11.1 Å². The van der Waals surface area contributed by atoms with Crippen LogP contribution in [0.2, 0.25) is 5.02 Å². The van der Waals surface area contributed by atoms with Crippen LogP contribution in [0.15, 0.2) is 46.9 Å². The van der Waals surface area contributed by atoms with Crippen LogP contribution < -0.4 is 10.2 Å². The zero-order chi connectivity index (χ0) is 28.3. The first kappa shape index (κ1) is 29.3. The lowest BCUT2D eigenvalue weighted by Crippen LogP contribution is -2.31. The van der Waals surface area contributed by atoms with Crippen molar-refractivity contribution in [3.63, 3.8) is 0 Å². The predicted octanol–water partition coefficient (Wildman–Crippen LogP) is 7.44. The second-order valence-corrected chi connectivity index (χ2v) is 12.8. The first-order valence-corrected chi connectivity index (χ1v) is 14.7. The van der Waals surface area contributed by atoms with Crippen molar-refractivity contribution in [3.8, 4) is 0 Å². The molecule has 0 saturated carbocycles. The SMILES string of the molecule is Cc1c(N2CCC(C)C2)nc2ccc(Br)cc2c1C(=O)NCC(CCC(=O)OC(C)(C)C)c1ccccc1Cl. The highest BCUT2D eigenvalue weighted by Gasteiger charge is 2.27. The third-order valence-corrected chi connectivity index (χ3v) is 7.92. The summed E-state index contributed by atoms with van der Waals surface area (Å²) in [6.45, 7) is 12.0. The van der Waals surface area contributed by atoms with Crippen LogP contribution in [0.5, 0.6) is 0 Å². The average Bonchev–Trinajstić information content (AvgIpc) is 3.29. The summed E-state index contributed by atoms with van der Waals surface area (Å²) in [6.07, 6.45) is 1.83. The minimum absolute atomic E-state index is 0.158. The molecule has 1 N–H and O–H groups in total. The van der Waals surface area contributed by atoms with Crippen molar-refractivity contribution in [2.45, 2.75) is 65.4 Å². The van der Waals surface area contributed by atoms with E-state index in [0.29, 0.717) is 29.5 Å². The fraction of sp³-hybridized carbons (Fsp3) is 0.452. The molecule has 0 bridgehead atoms. The highest BCUT2D eigenvalue weighted by Crippen LogP contribution is 2.33. The number of amides is 1. The third-order valence-electron chi connectivity index (χ3n) is 7.09. The standard InChI is InChI=1S/C31H37BrClN3O3/c1-19-14-15-36(18-19)29-20(2)28(24-16-22(32)11-12-26(24)35-29)30(38)34-17-21(23-8-6-7-9-25(23)33)10-13-27(37)39-31(3,4)5/h6-9,11-12,16,19,21H,10,13-15,17-18H2,1-5H3,(H,34,38). The van der Waals surface area contributed by atoms with E-state index in [9.17, 15) is 9.59 Å². The molecule has 1 aromatic heterocycles. The molecule has 6 nitrogen and oxygen atoms in total. The van der Waals surface area contributed by atoms with Crippen molar-refractivity contribution in [2.24, 2.45) is 5.92 Å². The van der Waals surface area contributed by atoms with Crippen LogP contribution >= 0.6 is 27.5 Å². The van der Waals surface area contributed by atoms with Crippen LogP contribution in [-0.4, -0.2) is 42.1 Å². The molecule has 2 unspecified atom stereocenters. The van der Waals surface area contributed by atoms with Gasteiger partial charge in [-0.3, -0.25) is 9.59 Å². The van der Waals surface area contributed by atoms with E-state index < -0.39 is 5.60 Å². The van der Waals surface area contributed by atoms with Crippen LogP contribution in [0, 0.1) is 12.8 Å². The molecule has 0 aliphatic carbocycles. The first-order valence-electron chi connectivity index (χ1n) is 13.5. The largest absolute Gasteiger partial charge is 0.460 e. The molecule has 1 aliphatic rings. The van der Waals surface area contributed by atoms with Gasteiger partial charge in [-0.25, -0.2) is 4.98 Å². The molecule has 2 aromatic carbocycles. The fourth-order valence-electron chi connectivity index (χ4n) is 5.21. The van der Waals surface area contributed by atoms with Crippen LogP contribution in [0.25, 0.3) is 10.9 Å². The van der Waals surface area contributed by atoms with Gasteiger partial charge in [0.1, 0.15) is 11.4 Å². The summed E-state index contributed by atoms with van der Waals surface area (Å²) in [6, 6.07) is 13.4. The maximum Gasteiger partial charge on any atom is 0.306 e. The molecule has 1 amide bonds. The lowest BCUT2D eigenvalue weighted by Gasteiger charge is -2.24. The van der Waals surface area contributed by atoms with Gasteiger partial charge in [0, 0.05) is 52.4 Å². The molecule has 208 valence electrons. The second kappa shape index (κ2) is 12.3. The summed E-state index contributed by atoms with van der Waals surface area (Å²) in [5.74, 6) is 0.864. The van der Waals surface area contributed by atoms with Crippen LogP contribution in [0.3, 0.4) is 0 Å². The average molecular weight is 615 g/mol. The Hall–Kier alpha value is -2.64. The molecule has 4 rings (SSSR count). The van der Waals surface area contributed by atoms with E-state index in [2.05, 4.69) is 33.1 Å². The summed E-state index contributed by atoms with van der Waals surface area (Å²) in [7, 11) is 0. The lowest BCUT2D eigenvalue weighted by molar-refractivity contribution is -0.155. The maximum atomic E-state index is 13.9. The number of hydrogen-bond acceptors (Lipinski definition) is 5. The maximum absolute atomic E-state index is 13.9. The molecule has 8 heteroatoms. The monoisotopic (exact) mass is 613 g/mol. The Balaban J connectivity index is 1.62. The van der Waals surface area contributed by atoms with Gasteiger partial charge in [0.15, 0.2) is 0 Å². The van der Waals surface area contributed by atoms with Gasteiger partial charge in [-0.1, -0.05) is 52.7 Å². The normalized spacial score (nSPS) is 16.4. The van der Waals surface area contributed by atoms with Gasteiger partial charge in [-0.2, -0.15) is 0 Å². The second-order valence-electron chi connectivity index (χ2n) is 11.5. The molecular formula is C31H37BrClN3O3. The summed E-state index contributed by atoms with van der Waals surface area (Å²) < 4.78 is 6.41. The lowest BCUT2D eigenvalue weighted by atomic mass is 9.93. The number of fused-ring (bicyclic) bond motifs is 1. The minimum atomic E-state index is -0.551. The van der Waals surface area contributed by atoms with Crippen LogP contribution in [0.4, 0.5) is 5.82 Å². The number of hydrogen-bond donors (Lipinski definition) is 1. The Morgan fingerprint density at radius 3 is 2.64 bits per heavy atom. The number of nitrogens with zero attached hydrogens (tertiary/aromatic N) is 2. The van der Waals surface area contributed by atoms with E-state index >= 15 is 0 Å². The van der Waals surface area contributed by atoms with E-state index in [1.54, 1.807) is 0 Å². The Labute approximate surface area is 244 Å². The van der Waals surface area contributed by atoms with Gasteiger partial charge in [0.25, 0.3) is 5.91 Å². The van der Waals surface area contributed by atoms with Crippen molar-refractivity contribution in [1.82, 2.24) is 10.3 Å². The summed E-state index contributed by atoms with van der Waals surface area (Å²) in [5.41, 5.74) is 2.63. The molecular weight excluding hydrogens is 578 g/mol.